The van der Waals surface area contributed by atoms with E-state index in [1.165, 1.54) is 0 Å². The van der Waals surface area contributed by atoms with Crippen LogP contribution in [0, 0.1) is 17.3 Å². The van der Waals surface area contributed by atoms with Gasteiger partial charge < -0.3 is 14.9 Å². The molecule has 2 rings (SSSR count). The molecule has 0 radical (unpaired) electrons. The van der Waals surface area contributed by atoms with Gasteiger partial charge in [0.2, 0.25) is 0 Å². The summed E-state index contributed by atoms with van der Waals surface area (Å²) in [5, 5.41) is 9.10. The Hall–Kier alpha value is -1.26. The molecule has 2 atom stereocenters. The minimum absolute atomic E-state index is 0.0303. The molecular formula is C15H26N2O3. The van der Waals surface area contributed by atoms with E-state index in [2.05, 4.69) is 20.8 Å². The zero-order valence-electron chi connectivity index (χ0n) is 12.8. The first-order valence-corrected chi connectivity index (χ1v) is 7.55. The molecule has 0 aliphatic carbocycles. The lowest BCUT2D eigenvalue weighted by Crippen LogP contribution is -2.48. The predicted molar refractivity (Wildman–Crippen MR) is 76.5 cm³/mol. The van der Waals surface area contributed by atoms with Crippen LogP contribution in [0.5, 0.6) is 0 Å². The van der Waals surface area contributed by atoms with E-state index in [1.54, 1.807) is 4.90 Å². The fourth-order valence-corrected chi connectivity index (χ4v) is 3.19. The SMILES string of the molecule is CC(C)(C)C1CCN(C(=O)N2CCCC(C(=O)O)C2)C1. The molecule has 0 aromatic rings. The first-order chi connectivity index (χ1) is 9.29. The second-order valence-electron chi connectivity index (χ2n) is 7.20. The van der Waals surface area contributed by atoms with Gasteiger partial charge in [0.05, 0.1) is 5.92 Å². The van der Waals surface area contributed by atoms with Gasteiger partial charge in [-0.3, -0.25) is 4.79 Å². The molecule has 0 spiro atoms. The molecule has 2 amide bonds. The molecule has 0 aromatic carbocycles. The van der Waals surface area contributed by atoms with E-state index in [-0.39, 0.29) is 11.4 Å². The van der Waals surface area contributed by atoms with Gasteiger partial charge in [0.1, 0.15) is 0 Å². The van der Waals surface area contributed by atoms with Crippen molar-refractivity contribution in [1.29, 1.82) is 0 Å². The molecule has 2 heterocycles. The van der Waals surface area contributed by atoms with Crippen molar-refractivity contribution >= 4 is 12.0 Å². The van der Waals surface area contributed by atoms with Crippen LogP contribution in [0.25, 0.3) is 0 Å². The number of carbonyl (C=O) groups excluding carboxylic acids is 1. The first kappa shape index (κ1) is 15.1. The molecule has 2 saturated heterocycles. The number of hydrogen-bond donors (Lipinski definition) is 1. The van der Waals surface area contributed by atoms with Crippen LogP contribution in [0.4, 0.5) is 4.79 Å². The van der Waals surface area contributed by atoms with Crippen LogP contribution in [0.3, 0.4) is 0 Å². The quantitative estimate of drug-likeness (QED) is 0.802. The normalized spacial score (nSPS) is 27.8. The van der Waals surface area contributed by atoms with Crippen LogP contribution in [-0.2, 0) is 4.79 Å². The fraction of sp³-hybridized carbons (Fsp3) is 0.867. The second-order valence-corrected chi connectivity index (χ2v) is 7.20. The summed E-state index contributed by atoms with van der Waals surface area (Å²) in [4.78, 5) is 27.2. The zero-order valence-corrected chi connectivity index (χ0v) is 12.8. The number of carbonyl (C=O) groups is 2. The van der Waals surface area contributed by atoms with Crippen molar-refractivity contribution in [3.8, 4) is 0 Å². The predicted octanol–water partition coefficient (Wildman–Crippen LogP) is 2.27. The van der Waals surface area contributed by atoms with Crippen molar-refractivity contribution < 1.29 is 14.7 Å². The Bertz CT molecular complexity index is 389. The van der Waals surface area contributed by atoms with Crippen molar-refractivity contribution in [2.24, 2.45) is 17.3 Å². The number of aliphatic carboxylic acids is 1. The van der Waals surface area contributed by atoms with Gasteiger partial charge in [-0.05, 0) is 30.6 Å². The molecule has 5 heteroatoms. The Balaban J connectivity index is 1.93. The molecule has 0 bridgehead atoms. The minimum Gasteiger partial charge on any atom is -0.481 e. The Kier molecular flexibility index (Phi) is 4.25. The fourth-order valence-electron chi connectivity index (χ4n) is 3.19. The number of carboxylic acid groups (broad SMARTS) is 1. The Morgan fingerprint density at radius 3 is 2.25 bits per heavy atom. The third-order valence-electron chi connectivity index (χ3n) is 4.72. The largest absolute Gasteiger partial charge is 0.481 e. The topological polar surface area (TPSA) is 60.9 Å². The number of amides is 2. The van der Waals surface area contributed by atoms with E-state index in [9.17, 15) is 9.59 Å². The molecule has 2 fully saturated rings. The summed E-state index contributed by atoms with van der Waals surface area (Å²) in [6.07, 6.45) is 2.52. The summed E-state index contributed by atoms with van der Waals surface area (Å²) in [5.41, 5.74) is 0.223. The van der Waals surface area contributed by atoms with E-state index < -0.39 is 11.9 Å². The van der Waals surface area contributed by atoms with Gasteiger partial charge >= 0.3 is 12.0 Å². The van der Waals surface area contributed by atoms with E-state index in [0.29, 0.717) is 25.4 Å². The highest BCUT2D eigenvalue weighted by atomic mass is 16.4. The molecule has 5 nitrogen and oxygen atoms in total. The summed E-state index contributed by atoms with van der Waals surface area (Å²) < 4.78 is 0. The summed E-state index contributed by atoms with van der Waals surface area (Å²) in [6, 6.07) is 0.0303. The highest BCUT2D eigenvalue weighted by Gasteiger charge is 2.37. The van der Waals surface area contributed by atoms with Crippen molar-refractivity contribution in [3.05, 3.63) is 0 Å². The number of carboxylic acids is 1. The molecule has 0 saturated carbocycles. The average Bonchev–Trinajstić information content (AvgIpc) is 2.87. The van der Waals surface area contributed by atoms with Crippen LogP contribution in [0.1, 0.15) is 40.0 Å². The molecule has 2 unspecified atom stereocenters. The van der Waals surface area contributed by atoms with Crippen LogP contribution in [0.15, 0.2) is 0 Å². The number of urea groups is 1. The highest BCUT2D eigenvalue weighted by Crippen LogP contribution is 2.34. The minimum atomic E-state index is -0.781. The average molecular weight is 282 g/mol. The molecule has 0 aromatic heterocycles. The van der Waals surface area contributed by atoms with Crippen LogP contribution in [-0.4, -0.2) is 53.1 Å². The lowest BCUT2D eigenvalue weighted by Gasteiger charge is -2.34. The van der Waals surface area contributed by atoms with Gasteiger partial charge in [-0.15, -0.1) is 0 Å². The number of nitrogens with zero attached hydrogens (tertiary/aromatic N) is 2. The molecule has 20 heavy (non-hydrogen) atoms. The van der Waals surface area contributed by atoms with Gasteiger partial charge in [0.15, 0.2) is 0 Å². The third-order valence-corrected chi connectivity index (χ3v) is 4.72. The standard InChI is InChI=1S/C15H26N2O3/c1-15(2,3)12-6-8-17(10-12)14(20)16-7-4-5-11(9-16)13(18)19/h11-12H,4-10H2,1-3H3,(H,18,19). The van der Waals surface area contributed by atoms with E-state index in [1.807, 2.05) is 4.90 Å². The highest BCUT2D eigenvalue weighted by molar-refractivity contribution is 5.77. The van der Waals surface area contributed by atoms with Gasteiger partial charge in [-0.25, -0.2) is 4.79 Å². The number of likely N-dealkylation sites (tertiary alicyclic amines) is 2. The van der Waals surface area contributed by atoms with E-state index in [4.69, 9.17) is 5.11 Å². The number of hydrogen-bond acceptors (Lipinski definition) is 2. The van der Waals surface area contributed by atoms with Gasteiger partial charge in [-0.1, -0.05) is 20.8 Å². The monoisotopic (exact) mass is 282 g/mol. The summed E-state index contributed by atoms with van der Waals surface area (Å²) in [5.74, 6) is -0.642. The smallest absolute Gasteiger partial charge is 0.320 e. The number of piperidine rings is 1. The van der Waals surface area contributed by atoms with Crippen LogP contribution < -0.4 is 0 Å². The van der Waals surface area contributed by atoms with Crippen molar-refractivity contribution in [3.63, 3.8) is 0 Å². The zero-order chi connectivity index (χ0) is 14.9. The van der Waals surface area contributed by atoms with Crippen LogP contribution in [0.2, 0.25) is 0 Å². The van der Waals surface area contributed by atoms with Crippen molar-refractivity contribution in [2.75, 3.05) is 26.2 Å². The Labute approximate surface area is 120 Å². The Morgan fingerprint density at radius 2 is 1.70 bits per heavy atom. The maximum absolute atomic E-state index is 12.5. The maximum atomic E-state index is 12.5. The molecule has 2 aliphatic rings. The molecule has 1 N–H and O–H groups in total. The summed E-state index contributed by atoms with van der Waals surface area (Å²) in [6.45, 7) is 9.31. The Morgan fingerprint density at radius 1 is 1.05 bits per heavy atom. The van der Waals surface area contributed by atoms with Crippen molar-refractivity contribution in [1.82, 2.24) is 9.80 Å². The second kappa shape index (κ2) is 5.62. The molecule has 2 aliphatic heterocycles. The lowest BCUT2D eigenvalue weighted by molar-refractivity contribution is -0.143. The first-order valence-electron chi connectivity index (χ1n) is 7.55. The van der Waals surface area contributed by atoms with Crippen molar-refractivity contribution in [2.45, 2.75) is 40.0 Å². The van der Waals surface area contributed by atoms with Gasteiger partial charge in [0, 0.05) is 26.2 Å². The maximum Gasteiger partial charge on any atom is 0.320 e. The third kappa shape index (κ3) is 3.25. The van der Waals surface area contributed by atoms with E-state index in [0.717, 1.165) is 25.9 Å². The number of rotatable bonds is 1. The lowest BCUT2D eigenvalue weighted by atomic mass is 9.80. The van der Waals surface area contributed by atoms with Gasteiger partial charge in [0.25, 0.3) is 0 Å². The molecule has 114 valence electrons. The summed E-state index contributed by atoms with van der Waals surface area (Å²) >= 11 is 0. The van der Waals surface area contributed by atoms with Crippen LogP contribution >= 0.6 is 0 Å². The van der Waals surface area contributed by atoms with E-state index >= 15 is 0 Å². The molecular weight excluding hydrogens is 256 g/mol. The van der Waals surface area contributed by atoms with Gasteiger partial charge in [-0.2, -0.15) is 0 Å². The summed E-state index contributed by atoms with van der Waals surface area (Å²) in [7, 11) is 0.